The third kappa shape index (κ3) is 3.10. The average molecular weight is 279 g/mol. The molecule has 2 aromatic rings. The van der Waals surface area contributed by atoms with Crippen LogP contribution in [0.3, 0.4) is 0 Å². The van der Waals surface area contributed by atoms with E-state index >= 15 is 0 Å². The Hall–Kier alpha value is -1.48. The fraction of sp³-hybridized carbons (Fsp3) is 0.400. The molecule has 0 amide bonds. The van der Waals surface area contributed by atoms with Crippen molar-refractivity contribution in [2.45, 2.75) is 33.3 Å². The van der Waals surface area contributed by atoms with Crippen LogP contribution in [0.5, 0.6) is 5.75 Å². The Morgan fingerprint density at radius 2 is 2.16 bits per heavy atom. The zero-order valence-corrected chi connectivity index (χ0v) is 12.3. The van der Waals surface area contributed by atoms with E-state index in [-0.39, 0.29) is 6.10 Å². The zero-order valence-electron chi connectivity index (χ0n) is 11.5. The number of aromatic nitrogens is 1. The van der Waals surface area contributed by atoms with Crippen LogP contribution in [0.1, 0.15) is 27.2 Å². The molecule has 4 heteroatoms. The Morgan fingerprint density at radius 1 is 1.37 bits per heavy atom. The summed E-state index contributed by atoms with van der Waals surface area (Å²) >= 11 is 6.23. The molecule has 0 aliphatic carbocycles. The van der Waals surface area contributed by atoms with Gasteiger partial charge in [0.25, 0.3) is 0 Å². The van der Waals surface area contributed by atoms with Gasteiger partial charge in [0.15, 0.2) is 0 Å². The second kappa shape index (κ2) is 6.11. The molecule has 1 unspecified atom stereocenters. The van der Waals surface area contributed by atoms with Crippen molar-refractivity contribution in [3.63, 3.8) is 0 Å². The van der Waals surface area contributed by atoms with Gasteiger partial charge in [0.2, 0.25) is 0 Å². The highest BCUT2D eigenvalue weighted by molar-refractivity contribution is 6.35. The summed E-state index contributed by atoms with van der Waals surface area (Å²) in [5, 5.41) is 4.81. The summed E-state index contributed by atoms with van der Waals surface area (Å²) < 4.78 is 5.98. The van der Waals surface area contributed by atoms with E-state index in [2.05, 4.69) is 24.1 Å². The molecule has 1 atom stereocenters. The minimum atomic E-state index is 0.166. The molecular formula is C15H19ClN2O. The van der Waals surface area contributed by atoms with Crippen molar-refractivity contribution in [3.05, 3.63) is 29.3 Å². The average Bonchev–Trinajstić information content (AvgIpc) is 2.40. The first-order chi connectivity index (χ1) is 9.15. The highest BCUT2D eigenvalue weighted by atomic mass is 35.5. The zero-order chi connectivity index (χ0) is 13.8. The van der Waals surface area contributed by atoms with Gasteiger partial charge >= 0.3 is 0 Å². The lowest BCUT2D eigenvalue weighted by atomic mass is 10.2. The fourth-order valence-corrected chi connectivity index (χ4v) is 2.07. The number of rotatable bonds is 5. The van der Waals surface area contributed by atoms with Crippen molar-refractivity contribution in [1.29, 1.82) is 0 Å². The lowest BCUT2D eigenvalue weighted by molar-refractivity contribution is 0.220. The standard InChI is InChI=1S/C15H19ClN2O/c1-4-10(3)19-13-9-14(17-5-2)18-15-11(13)7-6-8-12(15)16/h6-10H,4-5H2,1-3H3,(H,17,18). The summed E-state index contributed by atoms with van der Waals surface area (Å²) in [5.41, 5.74) is 0.779. The Kier molecular flexibility index (Phi) is 4.48. The van der Waals surface area contributed by atoms with E-state index in [1.165, 1.54) is 0 Å². The van der Waals surface area contributed by atoms with Gasteiger partial charge in [-0.25, -0.2) is 4.98 Å². The van der Waals surface area contributed by atoms with Crippen LogP contribution in [0.15, 0.2) is 24.3 Å². The van der Waals surface area contributed by atoms with Crippen molar-refractivity contribution in [2.24, 2.45) is 0 Å². The Morgan fingerprint density at radius 3 is 2.84 bits per heavy atom. The van der Waals surface area contributed by atoms with Crippen LogP contribution in [0, 0.1) is 0 Å². The van der Waals surface area contributed by atoms with Crippen LogP contribution in [0.2, 0.25) is 5.02 Å². The molecule has 0 radical (unpaired) electrons. The number of nitrogens with zero attached hydrogens (tertiary/aromatic N) is 1. The third-order valence-electron chi connectivity index (χ3n) is 3.01. The molecule has 3 nitrogen and oxygen atoms in total. The van der Waals surface area contributed by atoms with Gasteiger partial charge in [0.05, 0.1) is 16.6 Å². The van der Waals surface area contributed by atoms with Crippen LogP contribution in [-0.2, 0) is 0 Å². The molecule has 2 rings (SSSR count). The summed E-state index contributed by atoms with van der Waals surface area (Å²) in [6.07, 6.45) is 1.13. The maximum absolute atomic E-state index is 6.23. The largest absolute Gasteiger partial charge is 0.490 e. The summed E-state index contributed by atoms with van der Waals surface area (Å²) in [5.74, 6) is 1.62. The number of para-hydroxylation sites is 1. The smallest absolute Gasteiger partial charge is 0.132 e. The highest BCUT2D eigenvalue weighted by Gasteiger charge is 2.11. The molecule has 0 saturated heterocycles. The van der Waals surface area contributed by atoms with E-state index in [0.29, 0.717) is 5.02 Å². The lowest BCUT2D eigenvalue weighted by Crippen LogP contribution is -2.11. The number of halogens is 1. The Balaban J connectivity index is 2.55. The molecular weight excluding hydrogens is 260 g/mol. The molecule has 0 spiro atoms. The molecule has 1 aromatic heterocycles. The van der Waals surface area contributed by atoms with Crippen molar-refractivity contribution in [1.82, 2.24) is 4.98 Å². The normalized spacial score (nSPS) is 12.4. The van der Waals surface area contributed by atoms with E-state index in [1.807, 2.05) is 31.2 Å². The SMILES string of the molecule is CCNc1cc(OC(C)CC)c2cccc(Cl)c2n1. The van der Waals surface area contributed by atoms with Gasteiger partial charge in [-0.15, -0.1) is 0 Å². The van der Waals surface area contributed by atoms with Gasteiger partial charge in [-0.05, 0) is 32.4 Å². The lowest BCUT2D eigenvalue weighted by Gasteiger charge is -2.16. The Bertz CT molecular complexity index is 571. The van der Waals surface area contributed by atoms with Crippen molar-refractivity contribution < 1.29 is 4.74 Å². The van der Waals surface area contributed by atoms with Gasteiger partial charge in [-0.2, -0.15) is 0 Å². The number of ether oxygens (including phenoxy) is 1. The summed E-state index contributed by atoms with van der Waals surface area (Å²) in [6.45, 7) is 7.01. The van der Waals surface area contributed by atoms with Gasteiger partial charge in [-0.3, -0.25) is 0 Å². The molecule has 0 aliphatic heterocycles. The van der Waals surface area contributed by atoms with Crippen LogP contribution in [0.4, 0.5) is 5.82 Å². The molecule has 1 heterocycles. The maximum Gasteiger partial charge on any atom is 0.132 e. The molecule has 1 aromatic carbocycles. The number of hydrogen-bond acceptors (Lipinski definition) is 3. The second-order valence-electron chi connectivity index (χ2n) is 4.51. The predicted molar refractivity (Wildman–Crippen MR) is 81.3 cm³/mol. The van der Waals surface area contributed by atoms with Crippen LogP contribution >= 0.6 is 11.6 Å². The minimum absolute atomic E-state index is 0.166. The molecule has 0 saturated carbocycles. The number of hydrogen-bond donors (Lipinski definition) is 1. The third-order valence-corrected chi connectivity index (χ3v) is 3.32. The van der Waals surface area contributed by atoms with Crippen molar-refractivity contribution >= 4 is 28.3 Å². The topological polar surface area (TPSA) is 34.1 Å². The van der Waals surface area contributed by atoms with E-state index in [0.717, 1.165) is 35.4 Å². The Labute approximate surface area is 118 Å². The summed E-state index contributed by atoms with van der Waals surface area (Å²) in [4.78, 5) is 4.54. The van der Waals surface area contributed by atoms with Gasteiger partial charge in [0.1, 0.15) is 11.6 Å². The molecule has 0 fully saturated rings. The first-order valence-electron chi connectivity index (χ1n) is 6.65. The van der Waals surface area contributed by atoms with Crippen LogP contribution in [0.25, 0.3) is 10.9 Å². The molecule has 0 bridgehead atoms. The molecule has 1 N–H and O–H groups in total. The minimum Gasteiger partial charge on any atom is -0.490 e. The number of benzene rings is 1. The van der Waals surface area contributed by atoms with E-state index in [9.17, 15) is 0 Å². The van der Waals surface area contributed by atoms with Crippen molar-refractivity contribution in [3.8, 4) is 5.75 Å². The monoisotopic (exact) mass is 278 g/mol. The first-order valence-corrected chi connectivity index (χ1v) is 7.03. The van der Waals surface area contributed by atoms with Crippen molar-refractivity contribution in [2.75, 3.05) is 11.9 Å². The maximum atomic E-state index is 6.23. The van der Waals surface area contributed by atoms with Gasteiger partial charge in [-0.1, -0.05) is 24.6 Å². The highest BCUT2D eigenvalue weighted by Crippen LogP contribution is 2.32. The summed E-state index contributed by atoms with van der Waals surface area (Å²) in [7, 11) is 0. The molecule has 102 valence electrons. The van der Waals surface area contributed by atoms with Crippen LogP contribution in [-0.4, -0.2) is 17.6 Å². The van der Waals surface area contributed by atoms with Crippen LogP contribution < -0.4 is 10.1 Å². The number of anilines is 1. The van der Waals surface area contributed by atoms with Gasteiger partial charge in [0, 0.05) is 18.0 Å². The first kappa shape index (κ1) is 13.9. The number of nitrogens with one attached hydrogen (secondary N) is 1. The summed E-state index contributed by atoms with van der Waals surface area (Å²) in [6, 6.07) is 7.69. The number of pyridine rings is 1. The number of fused-ring (bicyclic) bond motifs is 1. The predicted octanol–water partition coefficient (Wildman–Crippen LogP) is 4.50. The second-order valence-corrected chi connectivity index (χ2v) is 4.92. The molecule has 0 aliphatic rings. The van der Waals surface area contributed by atoms with E-state index in [1.54, 1.807) is 0 Å². The molecule has 19 heavy (non-hydrogen) atoms. The quantitative estimate of drug-likeness (QED) is 0.874. The van der Waals surface area contributed by atoms with Gasteiger partial charge < -0.3 is 10.1 Å². The van der Waals surface area contributed by atoms with E-state index < -0.39 is 0 Å². The van der Waals surface area contributed by atoms with E-state index in [4.69, 9.17) is 16.3 Å². The fourth-order valence-electron chi connectivity index (χ4n) is 1.85.